The molecule has 120 valence electrons. The maximum absolute atomic E-state index is 11.5. The van der Waals surface area contributed by atoms with Crippen molar-refractivity contribution in [3.8, 4) is 5.88 Å². The fourth-order valence-electron chi connectivity index (χ4n) is 2.77. The number of nitrogens with zero attached hydrogens (tertiary/aromatic N) is 2. The molecule has 2 unspecified atom stereocenters. The summed E-state index contributed by atoms with van der Waals surface area (Å²) in [4.78, 5) is 19.8. The van der Waals surface area contributed by atoms with Gasteiger partial charge in [-0.15, -0.1) is 0 Å². The van der Waals surface area contributed by atoms with Crippen LogP contribution in [-0.2, 0) is 0 Å². The summed E-state index contributed by atoms with van der Waals surface area (Å²) in [6.07, 6.45) is 6.15. The second kappa shape index (κ2) is 5.96. The van der Waals surface area contributed by atoms with Crippen LogP contribution in [-0.4, -0.2) is 39.1 Å². The number of primary amides is 1. The van der Waals surface area contributed by atoms with Crippen molar-refractivity contribution < 1.29 is 9.90 Å². The molecular formula is C14H22N6O2. The first-order chi connectivity index (χ1) is 10.5. The molecule has 8 heteroatoms. The number of carbonyl (C=O) groups is 1. The minimum Gasteiger partial charge on any atom is -0.493 e. The zero-order chi connectivity index (χ0) is 15.7. The first-order valence-corrected chi connectivity index (χ1v) is 7.74. The molecular weight excluding hydrogens is 284 g/mol. The third-order valence-electron chi connectivity index (χ3n) is 4.19. The highest BCUT2D eigenvalue weighted by atomic mass is 16.3. The quantitative estimate of drug-likeness (QED) is 0.535. The monoisotopic (exact) mass is 306 g/mol. The predicted octanol–water partition coefficient (Wildman–Crippen LogP) is 0.537. The van der Waals surface area contributed by atoms with Crippen molar-refractivity contribution >= 4 is 17.7 Å². The van der Waals surface area contributed by atoms with Gasteiger partial charge in [0, 0.05) is 18.1 Å². The summed E-state index contributed by atoms with van der Waals surface area (Å²) in [6.45, 7) is 0. The van der Waals surface area contributed by atoms with Gasteiger partial charge in [0.2, 0.25) is 11.8 Å². The number of nitrogens with one attached hydrogen (secondary N) is 2. The predicted molar refractivity (Wildman–Crippen MR) is 82.7 cm³/mol. The number of aromatic nitrogens is 2. The Bertz CT molecular complexity index is 575. The molecule has 0 spiro atoms. The molecule has 2 fully saturated rings. The van der Waals surface area contributed by atoms with Gasteiger partial charge in [-0.1, -0.05) is 12.8 Å². The first-order valence-electron chi connectivity index (χ1n) is 7.74. The zero-order valence-electron chi connectivity index (χ0n) is 12.4. The van der Waals surface area contributed by atoms with Crippen LogP contribution in [0.25, 0.3) is 0 Å². The number of amides is 1. The summed E-state index contributed by atoms with van der Waals surface area (Å²) in [7, 11) is 0. The fourth-order valence-corrected chi connectivity index (χ4v) is 2.77. The van der Waals surface area contributed by atoms with Crippen molar-refractivity contribution in [2.24, 2.45) is 11.5 Å². The summed E-state index contributed by atoms with van der Waals surface area (Å²) in [5, 5.41) is 16.3. The molecule has 3 rings (SSSR count). The van der Waals surface area contributed by atoms with E-state index < -0.39 is 11.8 Å². The highest BCUT2D eigenvalue weighted by molar-refractivity contribution is 6.00. The molecule has 1 aromatic rings. The topological polar surface area (TPSA) is 139 Å². The molecule has 22 heavy (non-hydrogen) atoms. The van der Waals surface area contributed by atoms with Crippen molar-refractivity contribution in [2.75, 3.05) is 10.6 Å². The van der Waals surface area contributed by atoms with Gasteiger partial charge in [0.1, 0.15) is 11.4 Å². The van der Waals surface area contributed by atoms with Crippen LogP contribution in [0.4, 0.5) is 11.8 Å². The Morgan fingerprint density at radius 3 is 2.50 bits per heavy atom. The summed E-state index contributed by atoms with van der Waals surface area (Å²) in [5.41, 5.74) is 11.3. The zero-order valence-corrected chi connectivity index (χ0v) is 12.4. The Morgan fingerprint density at radius 2 is 1.86 bits per heavy atom. The molecule has 2 atom stereocenters. The molecule has 0 radical (unpaired) electrons. The van der Waals surface area contributed by atoms with Crippen molar-refractivity contribution in [2.45, 2.75) is 56.7 Å². The van der Waals surface area contributed by atoms with Gasteiger partial charge in [0.25, 0.3) is 5.91 Å². The average molecular weight is 306 g/mol. The van der Waals surface area contributed by atoms with Crippen LogP contribution >= 0.6 is 0 Å². The summed E-state index contributed by atoms with van der Waals surface area (Å²) >= 11 is 0. The normalized spacial score (nSPS) is 24.8. The van der Waals surface area contributed by atoms with Gasteiger partial charge in [-0.2, -0.15) is 9.97 Å². The Balaban J connectivity index is 1.84. The molecule has 2 aliphatic rings. The van der Waals surface area contributed by atoms with Gasteiger partial charge < -0.3 is 27.2 Å². The molecule has 0 bridgehead atoms. The van der Waals surface area contributed by atoms with E-state index in [0.717, 1.165) is 38.5 Å². The van der Waals surface area contributed by atoms with Crippen LogP contribution in [0.15, 0.2) is 0 Å². The molecule has 2 aliphatic carbocycles. The smallest absolute Gasteiger partial charge is 0.257 e. The second-order valence-corrected chi connectivity index (χ2v) is 6.08. The lowest BCUT2D eigenvalue weighted by Gasteiger charge is -2.29. The number of carbonyl (C=O) groups excluding carboxylic acids is 1. The summed E-state index contributed by atoms with van der Waals surface area (Å²) in [5.74, 6) is -0.596. The molecule has 0 aliphatic heterocycles. The lowest BCUT2D eigenvalue weighted by Crippen LogP contribution is -2.43. The summed E-state index contributed by atoms with van der Waals surface area (Å²) in [6, 6.07) is 0.383. The van der Waals surface area contributed by atoms with Crippen LogP contribution < -0.4 is 22.1 Å². The molecule has 1 heterocycles. The summed E-state index contributed by atoms with van der Waals surface area (Å²) < 4.78 is 0. The van der Waals surface area contributed by atoms with E-state index in [1.54, 1.807) is 0 Å². The van der Waals surface area contributed by atoms with Crippen LogP contribution in [0.2, 0.25) is 0 Å². The van der Waals surface area contributed by atoms with E-state index in [0.29, 0.717) is 0 Å². The third-order valence-corrected chi connectivity index (χ3v) is 4.19. The lowest BCUT2D eigenvalue weighted by atomic mass is 9.91. The van der Waals surface area contributed by atoms with Crippen LogP contribution in [0, 0.1) is 0 Å². The Hall–Kier alpha value is -2.09. The van der Waals surface area contributed by atoms with E-state index in [-0.39, 0.29) is 35.5 Å². The first kappa shape index (κ1) is 14.8. The van der Waals surface area contributed by atoms with Crippen molar-refractivity contribution in [3.05, 3.63) is 5.56 Å². The van der Waals surface area contributed by atoms with Crippen molar-refractivity contribution in [1.29, 1.82) is 0 Å². The van der Waals surface area contributed by atoms with E-state index in [4.69, 9.17) is 11.5 Å². The number of aromatic hydroxyl groups is 1. The Kier molecular flexibility index (Phi) is 4.02. The second-order valence-electron chi connectivity index (χ2n) is 6.08. The van der Waals surface area contributed by atoms with Crippen molar-refractivity contribution in [1.82, 2.24) is 9.97 Å². The number of rotatable bonds is 5. The largest absolute Gasteiger partial charge is 0.493 e. The highest BCUT2D eigenvalue weighted by Gasteiger charge is 2.28. The van der Waals surface area contributed by atoms with E-state index in [1.807, 2.05) is 0 Å². The van der Waals surface area contributed by atoms with Gasteiger partial charge in [0.15, 0.2) is 0 Å². The Labute approximate surface area is 128 Å². The number of anilines is 2. The average Bonchev–Trinajstić information content (AvgIpc) is 3.24. The van der Waals surface area contributed by atoms with Crippen LogP contribution in [0.3, 0.4) is 0 Å². The minimum atomic E-state index is -0.749. The van der Waals surface area contributed by atoms with Crippen LogP contribution in [0.5, 0.6) is 5.88 Å². The standard InChI is InChI=1S/C14H22N6O2/c15-8-3-1-2-4-9(8)18-14-19-12(17-7-5-6-7)10(11(16)21)13(22)20-14/h7-9H,1-6,15H2,(H2,16,21)(H3,17,18,19,20,22). The van der Waals surface area contributed by atoms with Gasteiger partial charge in [0.05, 0.1) is 0 Å². The van der Waals surface area contributed by atoms with Gasteiger partial charge in [-0.05, 0) is 25.7 Å². The third kappa shape index (κ3) is 3.22. The van der Waals surface area contributed by atoms with E-state index in [9.17, 15) is 9.90 Å². The van der Waals surface area contributed by atoms with Crippen molar-refractivity contribution in [3.63, 3.8) is 0 Å². The molecule has 1 aromatic heterocycles. The number of nitrogens with two attached hydrogens (primary N) is 2. The van der Waals surface area contributed by atoms with E-state index >= 15 is 0 Å². The highest BCUT2D eigenvalue weighted by Crippen LogP contribution is 2.30. The molecule has 7 N–H and O–H groups in total. The van der Waals surface area contributed by atoms with Crippen LogP contribution in [0.1, 0.15) is 48.9 Å². The van der Waals surface area contributed by atoms with Gasteiger partial charge in [-0.3, -0.25) is 4.79 Å². The minimum absolute atomic E-state index is 0.0372. The Morgan fingerprint density at radius 1 is 1.14 bits per heavy atom. The fraction of sp³-hybridized carbons (Fsp3) is 0.643. The maximum atomic E-state index is 11.5. The van der Waals surface area contributed by atoms with E-state index in [2.05, 4.69) is 20.6 Å². The molecule has 1 amide bonds. The molecule has 0 aromatic carbocycles. The number of hydrogen-bond donors (Lipinski definition) is 5. The maximum Gasteiger partial charge on any atom is 0.257 e. The van der Waals surface area contributed by atoms with E-state index in [1.165, 1.54) is 0 Å². The molecule has 2 saturated carbocycles. The lowest BCUT2D eigenvalue weighted by molar-refractivity contribution is 0.0997. The molecule has 0 saturated heterocycles. The van der Waals surface area contributed by atoms with Gasteiger partial charge in [-0.25, -0.2) is 0 Å². The molecule has 8 nitrogen and oxygen atoms in total. The number of hydrogen-bond acceptors (Lipinski definition) is 7. The van der Waals surface area contributed by atoms with Gasteiger partial charge >= 0.3 is 0 Å². The SMILES string of the molecule is NC(=O)c1c(O)nc(NC2CCCCC2N)nc1NC1CC1.